The minimum atomic E-state index is -0.541. The number of hydrogen-bond donors (Lipinski definition) is 1. The quantitative estimate of drug-likeness (QED) is 0.295. The minimum absolute atomic E-state index is 0.486. The van der Waals surface area contributed by atoms with Gasteiger partial charge in [-0.3, -0.25) is 0 Å². The number of rotatable bonds is 8. The average Bonchev–Trinajstić information content (AvgIpc) is 3.30. The highest BCUT2D eigenvalue weighted by Gasteiger charge is 2.20. The Hall–Kier alpha value is -4.28. The number of thiazole rings is 1. The molecule has 166 valence electrons. The fourth-order valence-corrected chi connectivity index (χ4v) is 4.64. The summed E-state index contributed by atoms with van der Waals surface area (Å²) in [5, 5.41) is 13.9. The number of fused-ring (bicyclic) bond motifs is 1. The van der Waals surface area contributed by atoms with E-state index >= 15 is 0 Å². The monoisotopic (exact) mass is 463 g/mol. The van der Waals surface area contributed by atoms with Crippen molar-refractivity contribution >= 4 is 27.5 Å². The van der Waals surface area contributed by atoms with Crippen LogP contribution in [0.3, 0.4) is 0 Å². The molecular weight excluding hydrogens is 442 g/mol. The number of nitriles is 1. The second-order valence-electron chi connectivity index (χ2n) is 7.59. The molecule has 1 N–H and O–H groups in total. The Bertz CT molecular complexity index is 1410. The summed E-state index contributed by atoms with van der Waals surface area (Å²) < 4.78 is 7.11. The molecule has 0 radical (unpaired) electrons. The molecule has 0 bridgehead atoms. The van der Waals surface area contributed by atoms with Crippen LogP contribution in [0.2, 0.25) is 0 Å². The third-order valence-corrected chi connectivity index (χ3v) is 6.38. The minimum Gasteiger partial charge on any atom is -0.457 e. The van der Waals surface area contributed by atoms with Gasteiger partial charge in [0.05, 0.1) is 22.0 Å². The lowest BCUT2D eigenvalue weighted by Gasteiger charge is -2.12. The molecule has 1 unspecified atom stereocenters. The van der Waals surface area contributed by atoms with Crippen LogP contribution in [0.4, 0.5) is 5.95 Å². The lowest BCUT2D eigenvalue weighted by Crippen LogP contribution is -2.10. The first-order chi connectivity index (χ1) is 16.8. The van der Waals surface area contributed by atoms with Crippen LogP contribution in [0.1, 0.15) is 22.2 Å². The molecule has 0 fully saturated rings. The number of anilines is 1. The van der Waals surface area contributed by atoms with Gasteiger partial charge in [-0.1, -0.05) is 48.5 Å². The van der Waals surface area contributed by atoms with Crippen LogP contribution >= 0.6 is 11.3 Å². The van der Waals surface area contributed by atoms with Gasteiger partial charge in [0.15, 0.2) is 0 Å². The second-order valence-corrected chi connectivity index (χ2v) is 8.65. The zero-order valence-electron chi connectivity index (χ0n) is 18.3. The molecule has 2 heterocycles. The molecule has 0 aliphatic carbocycles. The maximum absolute atomic E-state index is 9.85. The normalized spacial score (nSPS) is 11.6. The van der Waals surface area contributed by atoms with E-state index in [9.17, 15) is 5.26 Å². The van der Waals surface area contributed by atoms with Gasteiger partial charge in [-0.05, 0) is 48.4 Å². The van der Waals surface area contributed by atoms with Gasteiger partial charge < -0.3 is 10.1 Å². The fourth-order valence-electron chi connectivity index (χ4n) is 3.61. The molecule has 6 nitrogen and oxygen atoms in total. The molecule has 7 heteroatoms. The van der Waals surface area contributed by atoms with Crippen LogP contribution in [0.15, 0.2) is 91.1 Å². The summed E-state index contributed by atoms with van der Waals surface area (Å²) >= 11 is 1.52. The molecule has 0 aliphatic rings. The lowest BCUT2D eigenvalue weighted by molar-refractivity contribution is 0.476. The van der Waals surface area contributed by atoms with Crippen LogP contribution in [-0.2, 0) is 6.42 Å². The van der Waals surface area contributed by atoms with Crippen molar-refractivity contribution in [3.8, 4) is 17.6 Å². The summed E-state index contributed by atoms with van der Waals surface area (Å²) in [6, 6.07) is 29.7. The van der Waals surface area contributed by atoms with Crippen molar-refractivity contribution in [2.75, 3.05) is 11.9 Å². The van der Waals surface area contributed by atoms with Gasteiger partial charge in [-0.15, -0.1) is 11.3 Å². The molecule has 0 spiro atoms. The predicted molar refractivity (Wildman–Crippen MR) is 134 cm³/mol. The highest BCUT2D eigenvalue weighted by atomic mass is 32.1. The van der Waals surface area contributed by atoms with Crippen molar-refractivity contribution in [1.29, 1.82) is 5.26 Å². The number of nitrogens with zero attached hydrogens (tertiary/aromatic N) is 4. The molecule has 0 saturated carbocycles. The van der Waals surface area contributed by atoms with Crippen molar-refractivity contribution in [2.45, 2.75) is 12.3 Å². The predicted octanol–water partition coefficient (Wildman–Crippen LogP) is 6.19. The summed E-state index contributed by atoms with van der Waals surface area (Å²) in [4.78, 5) is 13.6. The van der Waals surface area contributed by atoms with Crippen molar-refractivity contribution in [2.24, 2.45) is 0 Å². The Kier molecular flexibility index (Phi) is 6.41. The van der Waals surface area contributed by atoms with Gasteiger partial charge in [0.1, 0.15) is 22.4 Å². The third kappa shape index (κ3) is 4.87. The van der Waals surface area contributed by atoms with E-state index in [0.717, 1.165) is 38.7 Å². The van der Waals surface area contributed by atoms with Crippen molar-refractivity contribution in [1.82, 2.24) is 15.0 Å². The van der Waals surface area contributed by atoms with Crippen molar-refractivity contribution in [3.05, 3.63) is 107 Å². The number of aromatic nitrogens is 3. The molecule has 2 aromatic heterocycles. The molecular formula is C27H21N5OS. The Balaban J connectivity index is 1.27. The van der Waals surface area contributed by atoms with Gasteiger partial charge in [0.25, 0.3) is 0 Å². The zero-order valence-corrected chi connectivity index (χ0v) is 19.1. The Morgan fingerprint density at radius 1 is 0.912 bits per heavy atom. The zero-order chi connectivity index (χ0) is 23.2. The highest BCUT2D eigenvalue weighted by Crippen LogP contribution is 2.31. The smallest absolute Gasteiger partial charge is 0.222 e. The maximum atomic E-state index is 9.85. The van der Waals surface area contributed by atoms with E-state index < -0.39 is 5.92 Å². The SMILES string of the molecule is N#CC(c1ccnc(NCCc2ccccc2Oc2ccccc2)n1)c1nc2ccccc2s1. The molecule has 0 saturated heterocycles. The number of para-hydroxylation sites is 3. The van der Waals surface area contributed by atoms with E-state index in [1.807, 2.05) is 72.8 Å². The highest BCUT2D eigenvalue weighted by molar-refractivity contribution is 7.18. The number of benzene rings is 3. The summed E-state index contributed by atoms with van der Waals surface area (Å²) in [5.41, 5.74) is 2.61. The third-order valence-electron chi connectivity index (χ3n) is 5.28. The van der Waals surface area contributed by atoms with Crippen LogP contribution < -0.4 is 10.1 Å². The van der Waals surface area contributed by atoms with Crippen LogP contribution in [-0.4, -0.2) is 21.5 Å². The van der Waals surface area contributed by atoms with Gasteiger partial charge in [0.2, 0.25) is 5.95 Å². The molecule has 34 heavy (non-hydrogen) atoms. The lowest BCUT2D eigenvalue weighted by atomic mass is 10.1. The summed E-state index contributed by atoms with van der Waals surface area (Å²) in [6.45, 7) is 0.622. The number of ether oxygens (including phenoxy) is 1. The van der Waals surface area contributed by atoms with E-state index in [2.05, 4.69) is 32.4 Å². The van der Waals surface area contributed by atoms with E-state index in [1.54, 1.807) is 12.3 Å². The Morgan fingerprint density at radius 3 is 2.56 bits per heavy atom. The van der Waals surface area contributed by atoms with Gasteiger partial charge in [0, 0.05) is 12.7 Å². The summed E-state index contributed by atoms with van der Waals surface area (Å²) in [6.07, 6.45) is 2.41. The Morgan fingerprint density at radius 2 is 1.71 bits per heavy atom. The largest absolute Gasteiger partial charge is 0.457 e. The first-order valence-corrected chi connectivity index (χ1v) is 11.7. The topological polar surface area (TPSA) is 83.7 Å². The van der Waals surface area contributed by atoms with Crippen LogP contribution in [0.25, 0.3) is 10.2 Å². The summed E-state index contributed by atoms with van der Waals surface area (Å²) in [7, 11) is 0. The molecule has 5 aromatic rings. The first kappa shape index (κ1) is 21.6. The summed E-state index contributed by atoms with van der Waals surface area (Å²) in [5.74, 6) is 1.57. The van der Waals surface area contributed by atoms with E-state index in [1.165, 1.54) is 11.3 Å². The van der Waals surface area contributed by atoms with Gasteiger partial charge in [-0.2, -0.15) is 5.26 Å². The van der Waals surface area contributed by atoms with E-state index in [-0.39, 0.29) is 0 Å². The van der Waals surface area contributed by atoms with Gasteiger partial charge in [-0.25, -0.2) is 15.0 Å². The molecule has 5 rings (SSSR count). The fraction of sp³-hybridized carbons (Fsp3) is 0.111. The molecule has 3 aromatic carbocycles. The first-order valence-electron chi connectivity index (χ1n) is 10.9. The van der Waals surface area contributed by atoms with E-state index in [4.69, 9.17) is 4.74 Å². The van der Waals surface area contributed by atoms with Crippen LogP contribution in [0, 0.1) is 11.3 Å². The van der Waals surface area contributed by atoms with Crippen molar-refractivity contribution in [3.63, 3.8) is 0 Å². The van der Waals surface area contributed by atoms with Crippen LogP contribution in [0.5, 0.6) is 11.5 Å². The standard InChI is InChI=1S/C27H21N5OS/c28-18-21(26-31-23-11-5-7-13-25(23)34-26)22-15-17-30-27(32-22)29-16-14-19-8-4-6-12-24(19)33-20-9-2-1-3-10-20/h1-13,15,17,21H,14,16H2,(H,29,30,32). The molecule has 1 atom stereocenters. The Labute approximate surface area is 201 Å². The number of nitrogens with one attached hydrogen (secondary N) is 1. The molecule has 0 aliphatic heterocycles. The van der Waals surface area contributed by atoms with Gasteiger partial charge >= 0.3 is 0 Å². The second kappa shape index (κ2) is 10.1. The molecule has 0 amide bonds. The number of hydrogen-bond acceptors (Lipinski definition) is 7. The average molecular weight is 464 g/mol. The van der Waals surface area contributed by atoms with E-state index in [0.29, 0.717) is 18.2 Å². The van der Waals surface area contributed by atoms with Crippen molar-refractivity contribution < 1.29 is 4.74 Å². The maximum Gasteiger partial charge on any atom is 0.222 e.